The second-order valence-corrected chi connectivity index (χ2v) is 8.95. The Kier molecular flexibility index (Phi) is 8.52. The number of anilines is 1. The predicted octanol–water partition coefficient (Wildman–Crippen LogP) is 4.95. The van der Waals surface area contributed by atoms with Gasteiger partial charge in [0.2, 0.25) is 5.91 Å². The molecule has 0 bridgehead atoms. The first-order valence-electron chi connectivity index (χ1n) is 10.1. The minimum atomic E-state index is -1.21. The first-order chi connectivity index (χ1) is 15.0. The summed E-state index contributed by atoms with van der Waals surface area (Å²) in [6, 6.07) is 10.7. The average Bonchev–Trinajstić information content (AvgIpc) is 2.71. The Balaban J connectivity index is 2.82. The van der Waals surface area contributed by atoms with Gasteiger partial charge >= 0.3 is 5.97 Å². The normalized spacial score (nSPS) is 12.2. The molecule has 0 heterocycles. The van der Waals surface area contributed by atoms with Gasteiger partial charge in [-0.2, -0.15) is 0 Å². The average molecular weight is 464 g/mol. The topological polar surface area (TPSA) is 85.3 Å². The Morgan fingerprint density at radius 2 is 1.66 bits per heavy atom. The van der Waals surface area contributed by atoms with Crippen molar-refractivity contribution < 1.29 is 28.9 Å². The minimum Gasteiger partial charge on any atom is -0.496 e. The van der Waals surface area contributed by atoms with E-state index in [2.05, 4.69) is 0 Å². The Labute approximate surface area is 193 Å². The molecule has 7 nitrogen and oxygen atoms in total. The second-order valence-electron chi connectivity index (χ2n) is 8.51. The number of rotatable bonds is 9. The third kappa shape index (κ3) is 6.14. The van der Waals surface area contributed by atoms with Crippen molar-refractivity contribution in [2.45, 2.75) is 33.3 Å². The highest BCUT2D eigenvalue weighted by atomic mass is 35.5. The van der Waals surface area contributed by atoms with E-state index < -0.39 is 24.4 Å². The van der Waals surface area contributed by atoms with Crippen molar-refractivity contribution in [3.8, 4) is 11.5 Å². The van der Waals surface area contributed by atoms with Crippen molar-refractivity contribution in [1.82, 2.24) is 0 Å². The monoisotopic (exact) mass is 463 g/mol. The standard InChI is InChI=1S/C24H30ClNO6/c1-24(2,3)14-26(20(27)13-21(28)29)22-17(11-15(25)12-19(22)31-5)23(32-6)16-9-7-8-10-18(16)30-4/h7-12,23H,13-14H2,1-6H3,(H,28,29). The third-order valence-electron chi connectivity index (χ3n) is 4.73. The highest BCUT2D eigenvalue weighted by Gasteiger charge is 2.32. The predicted molar refractivity (Wildman–Crippen MR) is 124 cm³/mol. The summed E-state index contributed by atoms with van der Waals surface area (Å²) in [4.78, 5) is 25.9. The number of carboxylic acids is 1. The van der Waals surface area contributed by atoms with E-state index in [1.54, 1.807) is 26.4 Å². The van der Waals surface area contributed by atoms with Crippen LogP contribution in [0.25, 0.3) is 0 Å². The number of benzene rings is 2. The number of halogens is 1. The van der Waals surface area contributed by atoms with Crippen LogP contribution in [-0.4, -0.2) is 44.9 Å². The molecule has 0 radical (unpaired) electrons. The maximum absolute atomic E-state index is 13.1. The summed E-state index contributed by atoms with van der Waals surface area (Å²) in [5.74, 6) is -0.837. The van der Waals surface area contributed by atoms with Crippen LogP contribution in [0, 0.1) is 5.41 Å². The fourth-order valence-electron chi connectivity index (χ4n) is 3.53. The van der Waals surface area contributed by atoms with Crippen molar-refractivity contribution in [3.63, 3.8) is 0 Å². The summed E-state index contributed by atoms with van der Waals surface area (Å²) in [5, 5.41) is 9.67. The molecule has 0 aliphatic rings. The molecule has 8 heteroatoms. The Bertz CT molecular complexity index is 969. The molecule has 0 aliphatic carbocycles. The SMILES string of the molecule is COc1ccccc1C(OC)c1cc(Cl)cc(OC)c1N(CC(C)(C)C)C(=O)CC(=O)O. The Morgan fingerprint density at radius 1 is 1.03 bits per heavy atom. The summed E-state index contributed by atoms with van der Waals surface area (Å²) < 4.78 is 17.0. The van der Waals surface area contributed by atoms with Crippen LogP contribution < -0.4 is 14.4 Å². The van der Waals surface area contributed by atoms with Gasteiger partial charge in [-0.1, -0.05) is 50.6 Å². The maximum Gasteiger partial charge on any atom is 0.312 e. The van der Waals surface area contributed by atoms with E-state index in [1.165, 1.54) is 12.0 Å². The molecule has 0 spiro atoms. The molecule has 0 fully saturated rings. The number of hydrogen-bond donors (Lipinski definition) is 1. The van der Waals surface area contributed by atoms with Gasteiger partial charge in [-0.3, -0.25) is 9.59 Å². The molecule has 1 unspecified atom stereocenters. The highest BCUT2D eigenvalue weighted by molar-refractivity contribution is 6.31. The van der Waals surface area contributed by atoms with Crippen LogP contribution in [0.4, 0.5) is 5.69 Å². The second kappa shape index (κ2) is 10.7. The number of carbonyl (C=O) groups is 2. The summed E-state index contributed by atoms with van der Waals surface area (Å²) in [6.07, 6.45) is -1.32. The van der Waals surface area contributed by atoms with E-state index >= 15 is 0 Å². The van der Waals surface area contributed by atoms with Gasteiger partial charge in [0.05, 0.1) is 19.9 Å². The van der Waals surface area contributed by atoms with Crippen molar-refractivity contribution in [1.29, 1.82) is 0 Å². The van der Waals surface area contributed by atoms with Crippen molar-refractivity contribution in [3.05, 3.63) is 52.5 Å². The number of carbonyl (C=O) groups excluding carboxylic acids is 1. The first-order valence-corrected chi connectivity index (χ1v) is 10.5. The number of ether oxygens (including phenoxy) is 3. The third-order valence-corrected chi connectivity index (χ3v) is 4.95. The van der Waals surface area contributed by atoms with Crippen LogP contribution >= 0.6 is 11.6 Å². The zero-order valence-corrected chi connectivity index (χ0v) is 20.0. The number of para-hydroxylation sites is 1. The van der Waals surface area contributed by atoms with Crippen LogP contribution in [0.5, 0.6) is 11.5 Å². The molecule has 0 aromatic heterocycles. The van der Waals surface area contributed by atoms with Gasteiger partial charge in [0.15, 0.2) is 0 Å². The zero-order valence-electron chi connectivity index (χ0n) is 19.3. The quantitative estimate of drug-likeness (QED) is 0.530. The number of carboxylic acid groups (broad SMARTS) is 1. The summed E-state index contributed by atoms with van der Waals surface area (Å²) >= 11 is 6.40. The number of methoxy groups -OCH3 is 3. The molecular formula is C24H30ClNO6. The van der Waals surface area contributed by atoms with Crippen LogP contribution in [0.2, 0.25) is 5.02 Å². The summed E-state index contributed by atoms with van der Waals surface area (Å²) in [5.41, 5.74) is 1.37. The van der Waals surface area contributed by atoms with Gasteiger partial charge in [0.1, 0.15) is 24.0 Å². The van der Waals surface area contributed by atoms with E-state index in [0.29, 0.717) is 27.8 Å². The molecule has 2 aromatic carbocycles. The van der Waals surface area contributed by atoms with Gasteiger partial charge in [-0.15, -0.1) is 0 Å². The molecule has 0 saturated heterocycles. The van der Waals surface area contributed by atoms with E-state index in [4.69, 9.17) is 25.8 Å². The van der Waals surface area contributed by atoms with E-state index in [-0.39, 0.29) is 12.0 Å². The molecule has 1 atom stereocenters. The zero-order chi connectivity index (χ0) is 24.1. The molecule has 1 N–H and O–H groups in total. The molecule has 1 amide bonds. The van der Waals surface area contributed by atoms with Gasteiger partial charge in [-0.25, -0.2) is 0 Å². The number of aliphatic carboxylic acids is 1. The lowest BCUT2D eigenvalue weighted by Crippen LogP contribution is -2.40. The Morgan fingerprint density at radius 3 is 2.19 bits per heavy atom. The van der Waals surface area contributed by atoms with Crippen molar-refractivity contribution in [2.24, 2.45) is 5.41 Å². The lowest BCUT2D eigenvalue weighted by molar-refractivity contribution is -0.140. The smallest absolute Gasteiger partial charge is 0.312 e. The number of hydrogen-bond acceptors (Lipinski definition) is 5. The van der Waals surface area contributed by atoms with Gasteiger partial charge < -0.3 is 24.2 Å². The molecule has 32 heavy (non-hydrogen) atoms. The highest BCUT2D eigenvalue weighted by Crippen LogP contribution is 2.44. The lowest BCUT2D eigenvalue weighted by Gasteiger charge is -2.34. The number of nitrogens with zero attached hydrogens (tertiary/aromatic N) is 1. The molecule has 0 saturated carbocycles. The fraction of sp³-hybridized carbons (Fsp3) is 0.417. The molecule has 0 aliphatic heterocycles. The molecular weight excluding hydrogens is 434 g/mol. The first kappa shape index (κ1) is 25.5. The van der Waals surface area contributed by atoms with Crippen LogP contribution in [-0.2, 0) is 14.3 Å². The molecule has 2 rings (SSSR count). The molecule has 174 valence electrons. The van der Waals surface area contributed by atoms with Gasteiger partial charge in [0, 0.05) is 35.9 Å². The van der Waals surface area contributed by atoms with Crippen LogP contribution in [0.1, 0.15) is 44.4 Å². The van der Waals surface area contributed by atoms with E-state index in [0.717, 1.165) is 5.56 Å². The maximum atomic E-state index is 13.1. The van der Waals surface area contributed by atoms with Gasteiger partial charge in [0.25, 0.3) is 0 Å². The molecule has 2 aromatic rings. The fourth-order valence-corrected chi connectivity index (χ4v) is 3.75. The summed E-state index contributed by atoms with van der Waals surface area (Å²) in [7, 11) is 4.58. The van der Waals surface area contributed by atoms with Crippen LogP contribution in [0.3, 0.4) is 0 Å². The minimum absolute atomic E-state index is 0.256. The van der Waals surface area contributed by atoms with Crippen molar-refractivity contribution in [2.75, 3.05) is 32.8 Å². The van der Waals surface area contributed by atoms with Crippen LogP contribution in [0.15, 0.2) is 36.4 Å². The lowest BCUT2D eigenvalue weighted by atomic mass is 9.93. The largest absolute Gasteiger partial charge is 0.496 e. The Hall–Kier alpha value is -2.77. The number of amides is 1. The van der Waals surface area contributed by atoms with E-state index in [9.17, 15) is 14.7 Å². The van der Waals surface area contributed by atoms with Crippen molar-refractivity contribution >= 4 is 29.2 Å². The summed E-state index contributed by atoms with van der Waals surface area (Å²) in [6.45, 7) is 6.14. The van der Waals surface area contributed by atoms with Gasteiger partial charge in [-0.05, 0) is 17.5 Å². The van der Waals surface area contributed by atoms with E-state index in [1.807, 2.05) is 45.0 Å².